The van der Waals surface area contributed by atoms with E-state index in [1.54, 1.807) is 0 Å². The van der Waals surface area contributed by atoms with E-state index in [0.717, 1.165) is 21.3 Å². The van der Waals surface area contributed by atoms with E-state index >= 15 is 0 Å². The second-order valence-corrected chi connectivity index (χ2v) is 9.78. The van der Waals surface area contributed by atoms with Gasteiger partial charge in [0, 0.05) is 32.0 Å². The zero-order valence-electron chi connectivity index (χ0n) is 14.3. The fraction of sp³-hybridized carbons (Fsp3) is 1.00. The van der Waals surface area contributed by atoms with Gasteiger partial charge in [-0.3, -0.25) is 0 Å². The van der Waals surface area contributed by atoms with Gasteiger partial charge in [-0.05, 0) is 32.1 Å². The maximum atomic E-state index is 3.42. The van der Waals surface area contributed by atoms with Crippen LogP contribution in [0.25, 0.3) is 0 Å². The lowest BCUT2D eigenvalue weighted by Crippen LogP contribution is -1.80. The SMILES string of the molecule is BrCCCBr.BrCCCCCCBr.BrCCCCCCCCBr. The number of unbranched alkanes of at least 4 members (excludes halogenated alkanes) is 8. The average molecular weight is 718 g/mol. The summed E-state index contributed by atoms with van der Waals surface area (Å²) in [5, 5.41) is 6.89. The van der Waals surface area contributed by atoms with Gasteiger partial charge < -0.3 is 0 Å². The van der Waals surface area contributed by atoms with Crippen LogP contribution in [0.1, 0.15) is 70.6 Å². The first kappa shape index (κ1) is 30.6. The number of halogens is 6. The molecular formula is C17H34Br6. The summed E-state index contributed by atoms with van der Waals surface area (Å²) in [5.41, 5.74) is 0. The summed E-state index contributed by atoms with van der Waals surface area (Å²) >= 11 is 20.2. The molecular weight excluding hydrogens is 684 g/mol. The number of hydrogen-bond donors (Lipinski definition) is 0. The van der Waals surface area contributed by atoms with Gasteiger partial charge in [0.05, 0.1) is 0 Å². The number of rotatable bonds is 14. The second kappa shape index (κ2) is 35.9. The molecule has 0 saturated heterocycles. The molecule has 6 heteroatoms. The van der Waals surface area contributed by atoms with Crippen LogP contribution in [0.3, 0.4) is 0 Å². The van der Waals surface area contributed by atoms with Crippen LogP contribution in [0.5, 0.6) is 0 Å². The minimum absolute atomic E-state index is 1.11. The topological polar surface area (TPSA) is 0 Å². The van der Waals surface area contributed by atoms with Crippen molar-refractivity contribution in [3.05, 3.63) is 0 Å². The van der Waals surface area contributed by atoms with Crippen LogP contribution in [-0.4, -0.2) is 32.0 Å². The average Bonchev–Trinajstić information content (AvgIpc) is 2.57. The molecule has 0 saturated carbocycles. The Balaban J connectivity index is -0.000000276. The van der Waals surface area contributed by atoms with E-state index in [4.69, 9.17) is 0 Å². The van der Waals surface area contributed by atoms with Crippen molar-refractivity contribution in [1.29, 1.82) is 0 Å². The minimum Gasteiger partial charge on any atom is -0.0928 e. The summed E-state index contributed by atoms with van der Waals surface area (Å²) in [7, 11) is 0. The van der Waals surface area contributed by atoms with Crippen molar-refractivity contribution in [3.63, 3.8) is 0 Å². The lowest BCUT2D eigenvalue weighted by atomic mass is 10.1. The summed E-state index contributed by atoms with van der Waals surface area (Å²) in [5.74, 6) is 0. The molecule has 0 N–H and O–H groups in total. The molecule has 0 rings (SSSR count). The summed E-state index contributed by atoms with van der Waals surface area (Å²) in [6.45, 7) is 0. The highest BCUT2D eigenvalue weighted by Gasteiger charge is 1.88. The molecule has 0 aromatic heterocycles. The highest BCUT2D eigenvalue weighted by atomic mass is 79.9. The third-order valence-corrected chi connectivity index (χ3v) is 6.17. The molecule has 0 bridgehead atoms. The molecule has 23 heavy (non-hydrogen) atoms. The molecule has 0 amide bonds. The van der Waals surface area contributed by atoms with Gasteiger partial charge in [0.15, 0.2) is 0 Å². The van der Waals surface area contributed by atoms with Gasteiger partial charge >= 0.3 is 0 Å². The van der Waals surface area contributed by atoms with Crippen LogP contribution in [0.15, 0.2) is 0 Å². The Morgan fingerprint density at radius 1 is 0.217 bits per heavy atom. The molecule has 0 aliphatic rings. The molecule has 0 unspecified atom stereocenters. The van der Waals surface area contributed by atoms with Gasteiger partial charge in [-0.15, -0.1) is 0 Å². The van der Waals surface area contributed by atoms with E-state index in [1.165, 1.54) is 81.3 Å². The van der Waals surface area contributed by atoms with Crippen LogP contribution in [0.4, 0.5) is 0 Å². The Kier molecular flexibility index (Phi) is 47.8. The van der Waals surface area contributed by atoms with Crippen LogP contribution in [0, 0.1) is 0 Å². The molecule has 0 aliphatic carbocycles. The monoisotopic (exact) mass is 712 g/mol. The zero-order chi connectivity index (χ0) is 18.0. The van der Waals surface area contributed by atoms with Crippen LogP contribution >= 0.6 is 95.6 Å². The van der Waals surface area contributed by atoms with E-state index in [9.17, 15) is 0 Å². The van der Waals surface area contributed by atoms with E-state index in [2.05, 4.69) is 95.6 Å². The third kappa shape index (κ3) is 45.7. The van der Waals surface area contributed by atoms with Crippen molar-refractivity contribution in [2.45, 2.75) is 70.6 Å². The molecule has 0 heterocycles. The van der Waals surface area contributed by atoms with E-state index in [0.29, 0.717) is 0 Å². The smallest absolute Gasteiger partial charge is 0.00392 e. The molecule has 0 fully saturated rings. The Morgan fingerprint density at radius 3 is 0.522 bits per heavy atom. The maximum Gasteiger partial charge on any atom is 0.00392 e. The standard InChI is InChI=1S/C8H16Br2.C6H12Br2.C3H6Br2/c9-7-5-3-1-2-4-6-8-10;7-5-3-1-2-4-6-8;4-2-1-3-5/h1-8H2;1-6H2;1-3H2. The Bertz CT molecular complexity index is 142. The van der Waals surface area contributed by atoms with E-state index in [-0.39, 0.29) is 0 Å². The van der Waals surface area contributed by atoms with Gasteiger partial charge in [0.2, 0.25) is 0 Å². The summed E-state index contributed by atoms with van der Waals surface area (Å²) in [4.78, 5) is 0. The highest BCUT2D eigenvalue weighted by molar-refractivity contribution is 9.10. The van der Waals surface area contributed by atoms with E-state index in [1.807, 2.05) is 0 Å². The van der Waals surface area contributed by atoms with Gasteiger partial charge in [0.1, 0.15) is 0 Å². The number of hydrogen-bond acceptors (Lipinski definition) is 0. The summed E-state index contributed by atoms with van der Waals surface area (Å²) in [6.07, 6.45) is 14.9. The predicted molar refractivity (Wildman–Crippen MR) is 134 cm³/mol. The second-order valence-electron chi connectivity index (χ2n) is 5.02. The lowest BCUT2D eigenvalue weighted by molar-refractivity contribution is 0.631. The fourth-order valence-electron chi connectivity index (χ4n) is 1.49. The molecule has 0 aliphatic heterocycles. The minimum atomic E-state index is 1.11. The largest absolute Gasteiger partial charge is 0.0928 e. The molecule has 0 aromatic rings. The van der Waals surface area contributed by atoms with Crippen LogP contribution < -0.4 is 0 Å². The van der Waals surface area contributed by atoms with Crippen molar-refractivity contribution in [1.82, 2.24) is 0 Å². The number of alkyl halides is 6. The van der Waals surface area contributed by atoms with Crippen molar-refractivity contribution in [3.8, 4) is 0 Å². The first-order chi connectivity index (χ1) is 11.2. The van der Waals surface area contributed by atoms with Crippen molar-refractivity contribution >= 4 is 95.6 Å². The molecule has 0 aromatic carbocycles. The molecule has 0 nitrogen and oxygen atoms in total. The van der Waals surface area contributed by atoms with Gasteiger partial charge in [-0.25, -0.2) is 0 Å². The predicted octanol–water partition coefficient (Wildman–Crippen LogP) is 9.62. The van der Waals surface area contributed by atoms with Gasteiger partial charge in [-0.2, -0.15) is 0 Å². The van der Waals surface area contributed by atoms with Gasteiger partial charge in [-0.1, -0.05) is 134 Å². The maximum absolute atomic E-state index is 3.42. The zero-order valence-corrected chi connectivity index (χ0v) is 23.8. The Morgan fingerprint density at radius 2 is 0.391 bits per heavy atom. The summed E-state index contributed by atoms with van der Waals surface area (Å²) in [6, 6.07) is 0. The first-order valence-electron chi connectivity index (χ1n) is 8.60. The van der Waals surface area contributed by atoms with Crippen molar-refractivity contribution < 1.29 is 0 Å². The molecule has 144 valence electrons. The third-order valence-electron chi connectivity index (χ3n) is 2.80. The van der Waals surface area contributed by atoms with Gasteiger partial charge in [0.25, 0.3) is 0 Å². The van der Waals surface area contributed by atoms with Crippen molar-refractivity contribution in [2.24, 2.45) is 0 Å². The fourth-order valence-corrected chi connectivity index (χ4v) is 4.39. The van der Waals surface area contributed by atoms with E-state index < -0.39 is 0 Å². The molecule has 0 radical (unpaired) electrons. The lowest BCUT2D eigenvalue weighted by Gasteiger charge is -1.96. The summed E-state index contributed by atoms with van der Waals surface area (Å²) < 4.78 is 0. The molecule has 0 atom stereocenters. The quantitative estimate of drug-likeness (QED) is 0.124. The molecule has 0 spiro atoms. The van der Waals surface area contributed by atoms with Crippen molar-refractivity contribution in [2.75, 3.05) is 32.0 Å². The first-order valence-corrected chi connectivity index (χ1v) is 15.3. The normalized spacial score (nSPS) is 9.65. The highest BCUT2D eigenvalue weighted by Crippen LogP contribution is 2.07. The Labute approximate surface area is 196 Å². The van der Waals surface area contributed by atoms with Crippen LogP contribution in [0.2, 0.25) is 0 Å². The van der Waals surface area contributed by atoms with Crippen LogP contribution in [-0.2, 0) is 0 Å². The Hall–Kier alpha value is 2.88.